The predicted molar refractivity (Wildman–Crippen MR) is 214 cm³/mol. The molecule has 0 atom stereocenters. The van der Waals surface area contributed by atoms with Crippen LogP contribution in [0.25, 0.3) is 0 Å². The predicted octanol–water partition coefficient (Wildman–Crippen LogP) is 1.12. The van der Waals surface area contributed by atoms with Crippen molar-refractivity contribution in [3.05, 3.63) is 0 Å². The largest absolute Gasteiger partial charge is 0.460 e. The first-order valence-electron chi connectivity index (χ1n) is 21.3. The van der Waals surface area contributed by atoms with Crippen molar-refractivity contribution >= 4 is 23.9 Å². The number of carbonyl (C=O) groups excluding carboxylic acids is 4. The normalized spacial score (nSPS) is 39.6. The van der Waals surface area contributed by atoms with Gasteiger partial charge in [0.2, 0.25) is 0 Å². The fraction of sp³-hybridized carbons (Fsp3) is 0.905. The summed E-state index contributed by atoms with van der Waals surface area (Å²) in [5.74, 6) is -7.16. The Morgan fingerprint density at radius 1 is 0.375 bits per heavy atom. The lowest BCUT2D eigenvalue weighted by atomic mass is 9.89. The second-order valence-corrected chi connectivity index (χ2v) is 18.4. The summed E-state index contributed by atoms with van der Waals surface area (Å²) in [5.41, 5.74) is -1.20. The summed E-state index contributed by atoms with van der Waals surface area (Å²) in [7, 11) is 0. The van der Waals surface area contributed by atoms with E-state index in [0.717, 1.165) is 0 Å². The molecule has 6 fully saturated rings. The maximum absolute atomic E-state index is 11.3. The van der Waals surface area contributed by atoms with Crippen LogP contribution >= 0.6 is 0 Å². The molecule has 22 heteroatoms. The highest BCUT2D eigenvalue weighted by atomic mass is 16.8. The van der Waals surface area contributed by atoms with Gasteiger partial charge in [-0.05, 0) is 41.5 Å². The number of hydrogen-bond acceptors (Lipinski definition) is 22. The van der Waals surface area contributed by atoms with E-state index in [9.17, 15) is 19.2 Å². The van der Waals surface area contributed by atoms with Gasteiger partial charge in [0.05, 0.1) is 109 Å². The maximum atomic E-state index is 11.3. The Morgan fingerprint density at radius 2 is 0.562 bits per heavy atom. The minimum atomic E-state index is -0.964. The molecule has 0 aromatic heterocycles. The molecule has 64 heavy (non-hydrogen) atoms. The molecule has 6 aliphatic heterocycles. The SMILES string of the molecule is CC(=O)OCC1(C)OCC2(CO1)COC(C)(COC(C)=O)OC2.CC1(CO)OCC2(CO1)COC(C)(CO)OC2.CCC(=O)OCC1(C)OCC2(COC(C)(COC(C)=O)OC2)CO1. The van der Waals surface area contributed by atoms with E-state index in [-0.39, 0.29) is 68.9 Å². The minimum Gasteiger partial charge on any atom is -0.460 e. The lowest BCUT2D eigenvalue weighted by Gasteiger charge is -2.49. The second kappa shape index (κ2) is 22.0. The molecule has 6 heterocycles. The number of aliphatic hydroxyl groups excluding tert-OH is 2. The van der Waals surface area contributed by atoms with Crippen molar-refractivity contribution in [1.82, 2.24) is 0 Å². The Kier molecular flexibility index (Phi) is 18.5. The molecule has 0 aromatic carbocycles. The van der Waals surface area contributed by atoms with Crippen molar-refractivity contribution in [3.8, 4) is 0 Å². The number of carbonyl (C=O) groups is 4. The Labute approximate surface area is 374 Å². The summed E-state index contributed by atoms with van der Waals surface area (Å²) in [4.78, 5) is 44.0. The number of esters is 4. The molecule has 0 saturated carbocycles. The highest BCUT2D eigenvalue weighted by Crippen LogP contribution is 2.39. The quantitative estimate of drug-likeness (QED) is 0.217. The third kappa shape index (κ3) is 15.7. The van der Waals surface area contributed by atoms with Gasteiger partial charge in [0.1, 0.15) is 26.4 Å². The molecule has 6 rings (SSSR count). The zero-order chi connectivity index (χ0) is 47.6. The van der Waals surface area contributed by atoms with E-state index in [2.05, 4.69) is 0 Å². The van der Waals surface area contributed by atoms with Crippen molar-refractivity contribution in [3.63, 3.8) is 0 Å². The summed E-state index contributed by atoms with van der Waals surface area (Å²) in [6.45, 7) is 20.3. The molecular weight excluding hydrogens is 856 g/mol. The smallest absolute Gasteiger partial charge is 0.305 e. The number of rotatable bonds is 11. The number of ether oxygens (including phenoxy) is 16. The van der Waals surface area contributed by atoms with Gasteiger partial charge in [-0.1, -0.05) is 6.92 Å². The molecule has 2 N–H and O–H groups in total. The van der Waals surface area contributed by atoms with Crippen LogP contribution in [0.5, 0.6) is 0 Å². The average molecular weight is 927 g/mol. The van der Waals surface area contributed by atoms with Crippen LogP contribution in [0.4, 0.5) is 0 Å². The summed E-state index contributed by atoms with van der Waals surface area (Å²) in [6.07, 6.45) is 0.308. The van der Waals surface area contributed by atoms with E-state index in [1.54, 1.807) is 48.5 Å². The first kappa shape index (κ1) is 53.9. The highest BCUT2D eigenvalue weighted by Gasteiger charge is 2.51. The zero-order valence-electron chi connectivity index (χ0n) is 39.0. The van der Waals surface area contributed by atoms with Gasteiger partial charge in [0.15, 0.2) is 34.7 Å². The minimum absolute atomic E-state index is 0.0320. The van der Waals surface area contributed by atoms with Crippen LogP contribution < -0.4 is 0 Å². The lowest BCUT2D eigenvalue weighted by Crippen LogP contribution is -2.59. The standard InChI is InChI=1S/C16H26O8.C15H24O8.C11H20O6/c1-5-13(18)20-7-15(4)23-10-16(11-24-15)8-21-14(3,22-9-16)6-19-12(2)17;1-11(16)18-5-13(3)20-7-15(8-21-13)9-22-14(4,23-10-15)6-19-12(2)17;1-9(3-12)14-5-11(6-15-9)7-16-10(2,4-13)17-8-11/h5-11H2,1-4H3;5-10H2,1-4H3;12-13H,3-8H2,1-2H3. The Bertz CT molecular complexity index is 1440. The molecule has 22 nitrogen and oxygen atoms in total. The van der Waals surface area contributed by atoms with Crippen molar-refractivity contribution in [2.75, 3.05) is 119 Å². The summed E-state index contributed by atoms with van der Waals surface area (Å²) >= 11 is 0. The second-order valence-electron chi connectivity index (χ2n) is 18.4. The molecule has 0 amide bonds. The zero-order valence-corrected chi connectivity index (χ0v) is 39.0. The Balaban J connectivity index is 0.000000214. The average Bonchev–Trinajstić information content (AvgIpc) is 3.28. The van der Waals surface area contributed by atoms with Crippen molar-refractivity contribution < 1.29 is 105 Å². The third-order valence-corrected chi connectivity index (χ3v) is 11.2. The van der Waals surface area contributed by atoms with Gasteiger partial charge < -0.3 is 86.0 Å². The fourth-order valence-electron chi connectivity index (χ4n) is 6.20. The van der Waals surface area contributed by atoms with Crippen LogP contribution in [0.3, 0.4) is 0 Å². The molecule has 0 radical (unpaired) electrons. The van der Waals surface area contributed by atoms with Crippen LogP contribution in [-0.4, -0.2) is 188 Å². The van der Waals surface area contributed by atoms with Crippen LogP contribution in [0.2, 0.25) is 0 Å². The summed E-state index contributed by atoms with van der Waals surface area (Å²) < 4.78 is 88.0. The molecule has 0 unspecified atom stereocenters. The molecule has 370 valence electrons. The van der Waals surface area contributed by atoms with Gasteiger partial charge in [-0.3, -0.25) is 19.2 Å². The molecular formula is C42H70O22. The van der Waals surface area contributed by atoms with E-state index in [1.165, 1.54) is 20.8 Å². The maximum Gasteiger partial charge on any atom is 0.305 e. The fourth-order valence-corrected chi connectivity index (χ4v) is 6.20. The van der Waals surface area contributed by atoms with E-state index in [1.807, 2.05) is 0 Å². The van der Waals surface area contributed by atoms with Crippen LogP contribution in [0, 0.1) is 16.2 Å². The first-order chi connectivity index (χ1) is 29.8. The molecule has 0 aliphatic carbocycles. The van der Waals surface area contributed by atoms with Gasteiger partial charge >= 0.3 is 23.9 Å². The Morgan fingerprint density at radius 3 is 0.734 bits per heavy atom. The first-order valence-corrected chi connectivity index (χ1v) is 21.3. The van der Waals surface area contributed by atoms with E-state index < -0.39 is 45.6 Å². The van der Waals surface area contributed by atoms with E-state index in [0.29, 0.717) is 85.7 Å². The monoisotopic (exact) mass is 926 g/mol. The lowest BCUT2D eigenvalue weighted by molar-refractivity contribution is -0.368. The van der Waals surface area contributed by atoms with Gasteiger partial charge in [0, 0.05) is 27.2 Å². The van der Waals surface area contributed by atoms with Gasteiger partial charge in [-0.15, -0.1) is 0 Å². The third-order valence-electron chi connectivity index (χ3n) is 11.2. The van der Waals surface area contributed by atoms with Crippen LogP contribution in [0.1, 0.15) is 75.7 Å². The van der Waals surface area contributed by atoms with E-state index in [4.69, 9.17) is 86.0 Å². The molecule has 3 spiro atoms. The van der Waals surface area contributed by atoms with Gasteiger partial charge in [0.25, 0.3) is 0 Å². The molecule has 6 saturated heterocycles. The summed E-state index contributed by atoms with van der Waals surface area (Å²) in [5, 5.41) is 18.2. The number of hydrogen-bond donors (Lipinski definition) is 2. The molecule has 0 aromatic rings. The highest BCUT2D eigenvalue weighted by molar-refractivity contribution is 5.69. The van der Waals surface area contributed by atoms with Crippen molar-refractivity contribution in [2.45, 2.75) is 110 Å². The van der Waals surface area contributed by atoms with Crippen LogP contribution in [0.15, 0.2) is 0 Å². The summed E-state index contributed by atoms with van der Waals surface area (Å²) in [6, 6.07) is 0. The molecule has 0 bridgehead atoms. The van der Waals surface area contributed by atoms with Crippen molar-refractivity contribution in [1.29, 1.82) is 0 Å². The molecule has 6 aliphatic rings. The Hall–Kier alpha value is -2.68. The van der Waals surface area contributed by atoms with Gasteiger partial charge in [-0.2, -0.15) is 0 Å². The number of aliphatic hydroxyl groups is 2. The van der Waals surface area contributed by atoms with E-state index >= 15 is 0 Å². The van der Waals surface area contributed by atoms with Gasteiger partial charge in [-0.25, -0.2) is 0 Å². The topological polar surface area (TPSA) is 256 Å². The van der Waals surface area contributed by atoms with Crippen LogP contribution in [-0.2, 0) is 95.0 Å². The van der Waals surface area contributed by atoms with Crippen molar-refractivity contribution in [2.24, 2.45) is 16.2 Å².